The molecule has 2 saturated carbocycles. The van der Waals surface area contributed by atoms with Gasteiger partial charge in [-0.05, 0) is 104 Å². The predicted octanol–water partition coefficient (Wildman–Crippen LogP) is 8.96. The van der Waals surface area contributed by atoms with Crippen LogP contribution in [-0.2, 0) is 27.8 Å². The summed E-state index contributed by atoms with van der Waals surface area (Å²) >= 11 is 0. The Labute approximate surface area is 285 Å². The maximum Gasteiger partial charge on any atom is 0.306 e. The fraction of sp³-hybridized carbons (Fsp3) is 0.475. The number of carbonyl (C=O) groups excluding carboxylic acids is 2. The van der Waals surface area contributed by atoms with E-state index in [1.54, 1.807) is 19.2 Å². The minimum Gasteiger partial charge on any atom is -0.379 e. The van der Waals surface area contributed by atoms with E-state index >= 15 is 4.39 Å². The lowest BCUT2D eigenvalue weighted by atomic mass is 9.72. The van der Waals surface area contributed by atoms with Crippen molar-refractivity contribution in [3.8, 4) is 5.75 Å². The van der Waals surface area contributed by atoms with Crippen molar-refractivity contribution in [2.24, 2.45) is 28.7 Å². The lowest BCUT2D eigenvalue weighted by molar-refractivity contribution is -0.128. The smallest absolute Gasteiger partial charge is 0.306 e. The van der Waals surface area contributed by atoms with Crippen LogP contribution in [0.5, 0.6) is 5.75 Å². The van der Waals surface area contributed by atoms with Gasteiger partial charge in [0.25, 0.3) is 0 Å². The second kappa shape index (κ2) is 14.5. The molecule has 2 aromatic rings. The highest BCUT2D eigenvalue weighted by atomic mass is 32.2. The van der Waals surface area contributed by atoms with Crippen LogP contribution in [0.3, 0.4) is 0 Å². The molecular formula is C40H48FNO5S. The van der Waals surface area contributed by atoms with E-state index in [1.807, 2.05) is 12.1 Å². The average Bonchev–Trinajstić information content (AvgIpc) is 3.09. The third-order valence-corrected chi connectivity index (χ3v) is 11.3. The highest BCUT2D eigenvalue weighted by Gasteiger charge is 2.34. The van der Waals surface area contributed by atoms with Crippen LogP contribution in [0.15, 0.2) is 65.3 Å². The standard InChI is InChI=1S/C40H46FNO5S.H2/c1-4-27-21-26(13-18-35(27)40(44)30-16-14-29(15-17-30)39(43)28-9-6-5-7-10-28)22-31-11-8-12-32-23-33(24-42-38(31)32)34-19-20-36(37(41)25(34)2)47-48(3,45)46;/h8,11-13,18-21,24,28-30,32H,4-7,9-10,14-17,22-23H2,1-3H3;1H. The van der Waals surface area contributed by atoms with Crippen LogP contribution >= 0.6 is 0 Å². The summed E-state index contributed by atoms with van der Waals surface area (Å²) in [6.07, 6.45) is 20.0. The quantitative estimate of drug-likeness (QED) is 0.186. The number of rotatable bonds is 10. The van der Waals surface area contributed by atoms with Crippen molar-refractivity contribution in [2.75, 3.05) is 6.26 Å². The Morgan fingerprint density at radius 3 is 2.40 bits per heavy atom. The highest BCUT2D eigenvalue weighted by Crippen LogP contribution is 2.38. The molecule has 4 aliphatic rings. The van der Waals surface area contributed by atoms with Crippen molar-refractivity contribution >= 4 is 33.0 Å². The van der Waals surface area contributed by atoms with Gasteiger partial charge in [0.05, 0.1) is 12.0 Å². The molecule has 0 saturated heterocycles. The molecule has 6 rings (SSSR count). The SMILES string of the molecule is CCc1cc(CC2=CC=CC3CC(c4ccc(OS(C)(=O)=O)c(F)c4C)=CN=C23)ccc1C(=O)C1CCC(C(=O)C2CCCCC2)CC1.[HH]. The number of fused-ring (bicyclic) bond motifs is 1. The van der Waals surface area contributed by atoms with Crippen LogP contribution in [0, 0.1) is 36.4 Å². The van der Waals surface area contributed by atoms with Crippen molar-refractivity contribution < 1.29 is 28.0 Å². The maximum absolute atomic E-state index is 15.0. The van der Waals surface area contributed by atoms with Gasteiger partial charge in [-0.3, -0.25) is 14.6 Å². The number of Topliss-reactive ketones (excluding diaryl/α,β-unsaturated/α-hetero) is 2. The number of aryl methyl sites for hydroxylation is 1. The van der Waals surface area contributed by atoms with Gasteiger partial charge in [-0.25, -0.2) is 4.39 Å². The summed E-state index contributed by atoms with van der Waals surface area (Å²) in [7, 11) is -3.85. The summed E-state index contributed by atoms with van der Waals surface area (Å²) in [5, 5.41) is 0. The third kappa shape index (κ3) is 7.49. The molecule has 0 N–H and O–H groups in total. The van der Waals surface area contributed by atoms with Crippen molar-refractivity contribution in [1.29, 1.82) is 0 Å². The predicted molar refractivity (Wildman–Crippen MR) is 190 cm³/mol. The number of benzene rings is 2. The number of ketones is 2. The Kier molecular flexibility index (Phi) is 10.3. The fourth-order valence-electron chi connectivity index (χ4n) is 8.16. The first-order valence-electron chi connectivity index (χ1n) is 17.6. The number of halogens is 1. The van der Waals surface area contributed by atoms with Crippen LogP contribution in [0.1, 0.15) is 105 Å². The summed E-state index contributed by atoms with van der Waals surface area (Å²) in [5.74, 6) is 0.0749. The molecule has 0 bridgehead atoms. The summed E-state index contributed by atoms with van der Waals surface area (Å²) in [5.41, 5.74) is 6.97. The van der Waals surface area contributed by atoms with Crippen LogP contribution in [0.25, 0.3) is 5.57 Å². The van der Waals surface area contributed by atoms with Gasteiger partial charge in [-0.15, -0.1) is 0 Å². The molecular weight excluding hydrogens is 626 g/mol. The first kappa shape index (κ1) is 34.2. The Hall–Kier alpha value is -3.65. The number of carbonyl (C=O) groups is 2. The third-order valence-electron chi connectivity index (χ3n) is 10.8. The van der Waals surface area contributed by atoms with Gasteiger partial charge in [0.1, 0.15) is 5.78 Å². The van der Waals surface area contributed by atoms with Crippen molar-refractivity contribution in [3.63, 3.8) is 0 Å². The molecule has 3 aliphatic carbocycles. The molecule has 2 aromatic carbocycles. The molecule has 0 spiro atoms. The van der Waals surface area contributed by atoms with Crippen molar-refractivity contribution in [2.45, 2.75) is 90.9 Å². The minimum absolute atomic E-state index is 0. The lowest BCUT2D eigenvalue weighted by Crippen LogP contribution is -2.31. The summed E-state index contributed by atoms with van der Waals surface area (Å²) in [4.78, 5) is 31.7. The van der Waals surface area contributed by atoms with E-state index in [9.17, 15) is 18.0 Å². The van der Waals surface area contributed by atoms with E-state index in [1.165, 1.54) is 25.3 Å². The second-order valence-corrected chi connectivity index (χ2v) is 15.6. The van der Waals surface area contributed by atoms with Gasteiger partial charge < -0.3 is 4.18 Å². The Morgan fingerprint density at radius 1 is 0.979 bits per heavy atom. The second-order valence-electron chi connectivity index (χ2n) is 14.1. The monoisotopic (exact) mass is 673 g/mol. The fourth-order valence-corrected chi connectivity index (χ4v) is 8.61. The zero-order valence-corrected chi connectivity index (χ0v) is 29.1. The zero-order chi connectivity index (χ0) is 34.0. The lowest BCUT2D eigenvalue weighted by Gasteiger charge is -2.31. The van der Waals surface area contributed by atoms with E-state index in [0.29, 0.717) is 29.8 Å². The summed E-state index contributed by atoms with van der Waals surface area (Å²) < 4.78 is 42.9. The van der Waals surface area contributed by atoms with Gasteiger partial charge in [0.15, 0.2) is 17.3 Å². The minimum atomic E-state index is -3.85. The Balaban J connectivity index is 0.00000468. The van der Waals surface area contributed by atoms with Gasteiger partial charge in [0.2, 0.25) is 0 Å². The maximum atomic E-state index is 15.0. The average molecular weight is 674 g/mol. The van der Waals surface area contributed by atoms with E-state index < -0.39 is 15.9 Å². The van der Waals surface area contributed by atoms with E-state index in [4.69, 9.17) is 9.18 Å². The molecule has 6 nitrogen and oxygen atoms in total. The first-order chi connectivity index (χ1) is 23.0. The van der Waals surface area contributed by atoms with Crippen molar-refractivity contribution in [3.05, 3.63) is 94.0 Å². The van der Waals surface area contributed by atoms with Gasteiger partial charge in [0, 0.05) is 36.9 Å². The molecule has 1 atom stereocenters. The van der Waals surface area contributed by atoms with E-state index in [-0.39, 0.29) is 36.6 Å². The number of hydrogen-bond donors (Lipinski definition) is 0. The Bertz CT molecular complexity index is 1830. The molecule has 1 aliphatic heterocycles. The number of nitrogens with zero attached hydrogens (tertiary/aromatic N) is 1. The van der Waals surface area contributed by atoms with Gasteiger partial charge in [-0.1, -0.05) is 68.7 Å². The highest BCUT2D eigenvalue weighted by molar-refractivity contribution is 7.86. The molecule has 48 heavy (non-hydrogen) atoms. The molecule has 256 valence electrons. The number of aliphatic imine (C=N–C) groups is 1. The van der Waals surface area contributed by atoms with Crippen molar-refractivity contribution in [1.82, 2.24) is 0 Å². The normalized spacial score (nSPS) is 23.1. The van der Waals surface area contributed by atoms with Crippen LogP contribution in [0.4, 0.5) is 4.39 Å². The first-order valence-corrected chi connectivity index (χ1v) is 19.4. The number of allylic oxidation sites excluding steroid dienone is 5. The van der Waals surface area contributed by atoms with Crippen LogP contribution in [-0.4, -0.2) is 32.0 Å². The van der Waals surface area contributed by atoms with Crippen LogP contribution < -0.4 is 4.18 Å². The number of hydrogen-bond acceptors (Lipinski definition) is 6. The molecule has 0 radical (unpaired) electrons. The largest absolute Gasteiger partial charge is 0.379 e. The summed E-state index contributed by atoms with van der Waals surface area (Å²) in [6, 6.07) is 9.27. The molecule has 0 aromatic heterocycles. The van der Waals surface area contributed by atoms with Gasteiger partial charge in [-0.2, -0.15) is 8.42 Å². The molecule has 2 fully saturated rings. The zero-order valence-electron chi connectivity index (χ0n) is 28.3. The molecule has 8 heteroatoms. The van der Waals surface area contributed by atoms with E-state index in [2.05, 4.69) is 31.2 Å². The summed E-state index contributed by atoms with van der Waals surface area (Å²) in [6.45, 7) is 3.71. The van der Waals surface area contributed by atoms with E-state index in [0.717, 1.165) is 84.7 Å². The molecule has 1 heterocycles. The topological polar surface area (TPSA) is 89.9 Å². The molecule has 1 unspecified atom stereocenters. The van der Waals surface area contributed by atoms with Crippen LogP contribution in [0.2, 0.25) is 0 Å². The van der Waals surface area contributed by atoms with Gasteiger partial charge >= 0.3 is 10.1 Å². The molecule has 0 amide bonds. The Morgan fingerprint density at radius 2 is 1.69 bits per heavy atom.